The maximum Gasteiger partial charge on any atom is 0.138 e. The van der Waals surface area contributed by atoms with Crippen LogP contribution in [0.1, 0.15) is 11.4 Å². The fourth-order valence-electron chi connectivity index (χ4n) is 2.83. The maximum absolute atomic E-state index is 5.41. The van der Waals surface area contributed by atoms with Gasteiger partial charge in [-0.3, -0.25) is 0 Å². The van der Waals surface area contributed by atoms with Crippen molar-refractivity contribution in [3.8, 4) is 5.75 Å². The summed E-state index contributed by atoms with van der Waals surface area (Å²) in [5, 5.41) is 3.40. The Morgan fingerprint density at radius 3 is 2.50 bits per heavy atom. The highest BCUT2D eigenvalue weighted by Gasteiger charge is 2.09. The largest absolute Gasteiger partial charge is 0.496 e. The van der Waals surface area contributed by atoms with Gasteiger partial charge in [0.1, 0.15) is 23.2 Å². The van der Waals surface area contributed by atoms with E-state index in [4.69, 9.17) is 4.74 Å². The molecule has 0 aliphatic heterocycles. The second kappa shape index (κ2) is 8.34. The van der Waals surface area contributed by atoms with Crippen molar-refractivity contribution in [2.75, 3.05) is 30.9 Å². The van der Waals surface area contributed by atoms with Gasteiger partial charge >= 0.3 is 0 Å². The lowest BCUT2D eigenvalue weighted by atomic mass is 10.1. The molecule has 0 bridgehead atoms. The number of nitrogens with one attached hydrogen (secondary N) is 1. The van der Waals surface area contributed by atoms with Crippen LogP contribution < -0.4 is 15.0 Å². The number of anilines is 3. The zero-order chi connectivity index (χ0) is 18.4. The lowest BCUT2D eigenvalue weighted by molar-refractivity contribution is 0.410. The van der Waals surface area contributed by atoms with Crippen LogP contribution in [0, 0.1) is 6.92 Å². The molecule has 0 spiro atoms. The summed E-state index contributed by atoms with van der Waals surface area (Å²) in [5.74, 6) is 3.34. The van der Waals surface area contributed by atoms with Crippen LogP contribution in [0.5, 0.6) is 5.75 Å². The minimum absolute atomic E-state index is 0.741. The van der Waals surface area contributed by atoms with Crippen molar-refractivity contribution in [2.24, 2.45) is 0 Å². The molecule has 0 radical (unpaired) electrons. The summed E-state index contributed by atoms with van der Waals surface area (Å²) < 4.78 is 5.41. The van der Waals surface area contributed by atoms with E-state index in [1.807, 2.05) is 56.4 Å². The van der Waals surface area contributed by atoms with E-state index < -0.39 is 0 Å². The van der Waals surface area contributed by atoms with Gasteiger partial charge < -0.3 is 15.0 Å². The molecule has 0 saturated heterocycles. The summed E-state index contributed by atoms with van der Waals surface area (Å²) in [6.07, 6.45) is 0.858. The molecule has 0 unspecified atom stereocenters. The van der Waals surface area contributed by atoms with Gasteiger partial charge in [0.15, 0.2) is 0 Å². The van der Waals surface area contributed by atoms with Crippen molar-refractivity contribution in [3.63, 3.8) is 0 Å². The zero-order valence-electron chi connectivity index (χ0n) is 15.4. The molecule has 5 nitrogen and oxygen atoms in total. The molecule has 0 saturated carbocycles. The van der Waals surface area contributed by atoms with E-state index in [9.17, 15) is 0 Å². The lowest BCUT2D eigenvalue weighted by Crippen LogP contribution is -2.14. The number of ether oxygens (including phenoxy) is 1. The molecule has 0 aliphatic carbocycles. The average Bonchev–Trinajstić information content (AvgIpc) is 2.68. The molecule has 1 aromatic heterocycles. The molecule has 1 heterocycles. The molecule has 1 N–H and O–H groups in total. The predicted octanol–water partition coefficient (Wildman–Crippen LogP) is 4.22. The van der Waals surface area contributed by atoms with Gasteiger partial charge in [-0.1, -0.05) is 36.4 Å². The van der Waals surface area contributed by atoms with E-state index in [2.05, 4.69) is 38.4 Å². The van der Waals surface area contributed by atoms with E-state index in [1.165, 1.54) is 5.56 Å². The van der Waals surface area contributed by atoms with Crippen molar-refractivity contribution in [1.29, 1.82) is 0 Å². The van der Waals surface area contributed by atoms with Gasteiger partial charge in [0.2, 0.25) is 0 Å². The summed E-state index contributed by atoms with van der Waals surface area (Å²) in [6, 6.07) is 20.2. The third-order valence-electron chi connectivity index (χ3n) is 4.20. The maximum atomic E-state index is 5.41. The summed E-state index contributed by atoms with van der Waals surface area (Å²) in [5.41, 5.74) is 2.26. The second-order valence-corrected chi connectivity index (χ2v) is 6.04. The van der Waals surface area contributed by atoms with Gasteiger partial charge in [-0.2, -0.15) is 0 Å². The van der Waals surface area contributed by atoms with Crippen molar-refractivity contribution >= 4 is 17.3 Å². The van der Waals surface area contributed by atoms with Crippen LogP contribution in [-0.4, -0.2) is 30.7 Å². The van der Waals surface area contributed by atoms with Gasteiger partial charge in [-0.15, -0.1) is 0 Å². The highest BCUT2D eigenvalue weighted by atomic mass is 16.5. The Bertz CT molecular complexity index is 852. The standard InChI is InChI=1S/C21H24N4O/c1-16-23-20(22-14-13-17-9-7-8-12-19(17)26-3)15-21(24-16)25(2)18-10-5-4-6-11-18/h4-12,15H,13-14H2,1-3H3,(H,22,23,24). The van der Waals surface area contributed by atoms with Gasteiger partial charge in [0.25, 0.3) is 0 Å². The Labute approximate surface area is 154 Å². The smallest absolute Gasteiger partial charge is 0.138 e. The Morgan fingerprint density at radius 2 is 1.73 bits per heavy atom. The third-order valence-corrected chi connectivity index (χ3v) is 4.20. The Hall–Kier alpha value is -3.08. The van der Waals surface area contributed by atoms with Crippen LogP contribution in [0.3, 0.4) is 0 Å². The van der Waals surface area contributed by atoms with Crippen LogP contribution in [0.25, 0.3) is 0 Å². The first-order valence-electron chi connectivity index (χ1n) is 8.67. The number of hydrogen-bond donors (Lipinski definition) is 1. The van der Waals surface area contributed by atoms with Crippen molar-refractivity contribution < 1.29 is 4.74 Å². The van der Waals surface area contributed by atoms with Gasteiger partial charge in [0.05, 0.1) is 7.11 Å². The number of methoxy groups -OCH3 is 1. The molecule has 3 aromatic rings. The van der Waals surface area contributed by atoms with E-state index in [0.29, 0.717) is 0 Å². The van der Waals surface area contributed by atoms with Crippen molar-refractivity contribution in [2.45, 2.75) is 13.3 Å². The first-order valence-corrected chi connectivity index (χ1v) is 8.67. The first kappa shape index (κ1) is 17.7. The summed E-state index contributed by atoms with van der Waals surface area (Å²) in [7, 11) is 3.71. The molecule has 5 heteroatoms. The number of rotatable bonds is 7. The SMILES string of the molecule is COc1ccccc1CCNc1cc(N(C)c2ccccc2)nc(C)n1. The van der Waals surface area contributed by atoms with Crippen molar-refractivity contribution in [1.82, 2.24) is 9.97 Å². The van der Waals surface area contributed by atoms with Gasteiger partial charge in [0, 0.05) is 25.3 Å². The molecule has 0 aliphatic rings. The van der Waals surface area contributed by atoms with Crippen LogP contribution in [0.15, 0.2) is 60.7 Å². The van der Waals surface area contributed by atoms with Crippen LogP contribution in [0.4, 0.5) is 17.3 Å². The van der Waals surface area contributed by atoms with Gasteiger partial charge in [-0.05, 0) is 37.1 Å². The van der Waals surface area contributed by atoms with Crippen molar-refractivity contribution in [3.05, 3.63) is 72.1 Å². The number of hydrogen-bond acceptors (Lipinski definition) is 5. The number of benzene rings is 2. The topological polar surface area (TPSA) is 50.3 Å². The minimum Gasteiger partial charge on any atom is -0.496 e. The minimum atomic E-state index is 0.741. The molecule has 3 rings (SSSR count). The average molecular weight is 348 g/mol. The second-order valence-electron chi connectivity index (χ2n) is 6.04. The molecule has 2 aromatic carbocycles. The van der Waals surface area contributed by atoms with E-state index in [1.54, 1.807) is 7.11 Å². The predicted molar refractivity (Wildman–Crippen MR) is 106 cm³/mol. The monoisotopic (exact) mass is 348 g/mol. The lowest BCUT2D eigenvalue weighted by Gasteiger charge is -2.19. The number of nitrogens with zero attached hydrogens (tertiary/aromatic N) is 3. The Balaban J connectivity index is 1.70. The summed E-state index contributed by atoms with van der Waals surface area (Å²) in [4.78, 5) is 11.1. The molecular weight excluding hydrogens is 324 g/mol. The third kappa shape index (κ3) is 4.30. The first-order chi connectivity index (χ1) is 12.7. The number of aryl methyl sites for hydroxylation is 1. The summed E-state index contributed by atoms with van der Waals surface area (Å²) >= 11 is 0. The highest BCUT2D eigenvalue weighted by Crippen LogP contribution is 2.23. The molecule has 134 valence electrons. The molecular formula is C21H24N4O. The van der Waals surface area contributed by atoms with E-state index in [-0.39, 0.29) is 0 Å². The van der Waals surface area contributed by atoms with Crippen LogP contribution >= 0.6 is 0 Å². The quantitative estimate of drug-likeness (QED) is 0.693. The molecule has 26 heavy (non-hydrogen) atoms. The number of para-hydroxylation sites is 2. The molecule has 0 amide bonds. The molecule has 0 fully saturated rings. The normalized spacial score (nSPS) is 10.4. The fraction of sp³-hybridized carbons (Fsp3) is 0.238. The number of aromatic nitrogens is 2. The van der Waals surface area contributed by atoms with E-state index >= 15 is 0 Å². The van der Waals surface area contributed by atoms with Crippen LogP contribution in [0.2, 0.25) is 0 Å². The van der Waals surface area contributed by atoms with Gasteiger partial charge in [-0.25, -0.2) is 9.97 Å². The van der Waals surface area contributed by atoms with E-state index in [0.717, 1.165) is 41.9 Å². The molecule has 0 atom stereocenters. The Morgan fingerprint density at radius 1 is 1.00 bits per heavy atom. The highest BCUT2D eigenvalue weighted by molar-refractivity contribution is 5.61. The fourth-order valence-corrected chi connectivity index (χ4v) is 2.83. The van der Waals surface area contributed by atoms with Crippen LogP contribution in [-0.2, 0) is 6.42 Å². The summed E-state index contributed by atoms with van der Waals surface area (Å²) in [6.45, 7) is 2.68. The Kier molecular flexibility index (Phi) is 5.69. The zero-order valence-corrected chi connectivity index (χ0v) is 15.4.